The van der Waals surface area contributed by atoms with E-state index < -0.39 is 0 Å². The van der Waals surface area contributed by atoms with Gasteiger partial charge in [0.25, 0.3) is 5.91 Å². The van der Waals surface area contributed by atoms with Crippen LogP contribution in [0.5, 0.6) is 5.75 Å². The largest absolute Gasteiger partial charge is 0.497 e. The Morgan fingerprint density at radius 2 is 1.93 bits per heavy atom. The molecular formula is C32H29ClN4O2S. The number of anilines is 2. The first-order chi connectivity index (χ1) is 19.5. The minimum absolute atomic E-state index is 0.0479. The van der Waals surface area contributed by atoms with Crippen LogP contribution >= 0.6 is 22.9 Å². The molecule has 0 radical (unpaired) electrons. The van der Waals surface area contributed by atoms with Crippen LogP contribution in [0, 0.1) is 6.92 Å². The first-order valence-electron chi connectivity index (χ1n) is 13.5. The molecule has 3 aromatic heterocycles. The number of carbonyl (C=O) groups is 1. The summed E-state index contributed by atoms with van der Waals surface area (Å²) in [6, 6.07) is 18.0. The van der Waals surface area contributed by atoms with E-state index in [0.717, 1.165) is 75.4 Å². The topological polar surface area (TPSA) is 59.4 Å². The smallest absolute Gasteiger partial charge is 0.273 e. The lowest BCUT2D eigenvalue weighted by Gasteiger charge is -2.53. The summed E-state index contributed by atoms with van der Waals surface area (Å²) in [5.74, 6) is 0.859. The molecule has 0 bridgehead atoms. The molecule has 1 amide bonds. The highest BCUT2D eigenvalue weighted by atomic mass is 35.5. The lowest BCUT2D eigenvalue weighted by atomic mass is 9.73. The van der Waals surface area contributed by atoms with E-state index in [2.05, 4.69) is 49.5 Å². The summed E-state index contributed by atoms with van der Waals surface area (Å²) in [5, 5.41) is 6.40. The maximum absolute atomic E-state index is 14.6. The molecular weight excluding hydrogens is 540 g/mol. The van der Waals surface area contributed by atoms with Crippen molar-refractivity contribution >= 4 is 50.4 Å². The number of hydrogen-bond donors (Lipinski definition) is 1. The molecule has 40 heavy (non-hydrogen) atoms. The standard InChI is InChI=1S/C32H29ClN4O2S/c1-20-25(33)5-3-6-26(20)35-28-24(23-11-15-34-27-12-16-40-30(23)27)18-36-19-32(13-4-14-32)37(31(38)29(28)36)17-21-7-9-22(39-2)10-8-21/h3,5-12,15-16,18,35H,4,13-14,17,19H2,1-2H3. The van der Waals surface area contributed by atoms with Crippen molar-refractivity contribution in [2.75, 3.05) is 12.4 Å². The van der Waals surface area contributed by atoms with Crippen molar-refractivity contribution < 1.29 is 9.53 Å². The number of nitrogens with one attached hydrogen (secondary N) is 1. The first-order valence-corrected chi connectivity index (χ1v) is 14.8. The van der Waals surface area contributed by atoms with Crippen LogP contribution in [0.4, 0.5) is 11.4 Å². The first kappa shape index (κ1) is 25.2. The van der Waals surface area contributed by atoms with Gasteiger partial charge in [-0.25, -0.2) is 0 Å². The van der Waals surface area contributed by atoms with E-state index in [4.69, 9.17) is 16.3 Å². The molecule has 6 nitrogen and oxygen atoms in total. The Morgan fingerprint density at radius 3 is 2.67 bits per heavy atom. The van der Waals surface area contributed by atoms with Gasteiger partial charge in [0.05, 0.1) is 28.6 Å². The molecule has 0 atom stereocenters. The van der Waals surface area contributed by atoms with E-state index in [9.17, 15) is 4.79 Å². The molecule has 5 aromatic rings. The molecule has 1 fully saturated rings. The van der Waals surface area contributed by atoms with Crippen molar-refractivity contribution in [3.8, 4) is 16.9 Å². The van der Waals surface area contributed by atoms with E-state index in [1.54, 1.807) is 18.4 Å². The maximum Gasteiger partial charge on any atom is 0.273 e. The fraction of sp³-hybridized carbons (Fsp3) is 0.250. The van der Waals surface area contributed by atoms with Gasteiger partial charge in [-0.2, -0.15) is 0 Å². The number of hydrogen-bond acceptors (Lipinski definition) is 5. The summed E-state index contributed by atoms with van der Waals surface area (Å²) in [5.41, 5.74) is 7.26. The maximum atomic E-state index is 14.6. The van der Waals surface area contributed by atoms with E-state index in [-0.39, 0.29) is 11.4 Å². The zero-order valence-electron chi connectivity index (χ0n) is 22.4. The number of ether oxygens (including phenoxy) is 1. The number of aromatic nitrogens is 2. The van der Waals surface area contributed by atoms with Crippen LogP contribution in [0.3, 0.4) is 0 Å². The van der Waals surface area contributed by atoms with Crippen LogP contribution in [0.2, 0.25) is 5.02 Å². The Labute approximate surface area is 242 Å². The zero-order valence-corrected chi connectivity index (χ0v) is 24.0. The van der Waals surface area contributed by atoms with Crippen molar-refractivity contribution in [2.45, 2.75) is 44.8 Å². The average Bonchev–Trinajstić information content (AvgIpc) is 3.57. The molecule has 202 valence electrons. The van der Waals surface area contributed by atoms with Gasteiger partial charge >= 0.3 is 0 Å². The van der Waals surface area contributed by atoms with Crippen LogP contribution in [-0.4, -0.2) is 33.0 Å². The van der Waals surface area contributed by atoms with Crippen LogP contribution in [0.1, 0.15) is 40.9 Å². The fourth-order valence-corrected chi connectivity index (χ4v) is 7.17. The van der Waals surface area contributed by atoms with Crippen LogP contribution in [-0.2, 0) is 13.1 Å². The van der Waals surface area contributed by atoms with Crippen molar-refractivity contribution in [2.24, 2.45) is 0 Å². The molecule has 8 heteroatoms. The molecule has 1 aliphatic heterocycles. The number of pyridine rings is 1. The van der Waals surface area contributed by atoms with Gasteiger partial charge in [0.1, 0.15) is 11.4 Å². The SMILES string of the molecule is COc1ccc(CN2C(=O)c3c(Nc4cccc(Cl)c4C)c(-c4ccnc5ccsc45)cn3CC23CCC3)cc1. The molecule has 1 spiro atoms. The summed E-state index contributed by atoms with van der Waals surface area (Å²) in [6.07, 6.45) is 7.14. The Balaban J connectivity index is 1.39. The van der Waals surface area contributed by atoms with Gasteiger partial charge in [0, 0.05) is 47.3 Å². The van der Waals surface area contributed by atoms with Gasteiger partial charge in [-0.3, -0.25) is 9.78 Å². The summed E-state index contributed by atoms with van der Waals surface area (Å²) in [4.78, 5) is 21.3. The number of nitrogens with zero attached hydrogens (tertiary/aromatic N) is 3. The highest BCUT2D eigenvalue weighted by Gasteiger charge is 2.50. The predicted octanol–water partition coefficient (Wildman–Crippen LogP) is 8.06. The third-order valence-electron chi connectivity index (χ3n) is 8.51. The lowest BCUT2D eigenvalue weighted by molar-refractivity contribution is -0.00939. The predicted molar refractivity (Wildman–Crippen MR) is 162 cm³/mol. The summed E-state index contributed by atoms with van der Waals surface area (Å²) in [7, 11) is 1.67. The van der Waals surface area contributed by atoms with E-state index in [0.29, 0.717) is 17.3 Å². The van der Waals surface area contributed by atoms with Gasteiger partial charge in [-0.05, 0) is 79.1 Å². The van der Waals surface area contributed by atoms with Gasteiger partial charge in [0.2, 0.25) is 0 Å². The molecule has 1 aliphatic carbocycles. The van der Waals surface area contributed by atoms with Crippen molar-refractivity contribution in [1.29, 1.82) is 0 Å². The highest BCUT2D eigenvalue weighted by molar-refractivity contribution is 7.17. The van der Waals surface area contributed by atoms with Gasteiger partial charge < -0.3 is 19.5 Å². The lowest BCUT2D eigenvalue weighted by Crippen LogP contribution is -2.61. The van der Waals surface area contributed by atoms with Gasteiger partial charge in [-0.1, -0.05) is 29.8 Å². The monoisotopic (exact) mass is 568 g/mol. The molecule has 4 heterocycles. The Bertz CT molecular complexity index is 1750. The van der Waals surface area contributed by atoms with Crippen molar-refractivity contribution in [3.05, 3.63) is 94.2 Å². The molecule has 1 saturated carbocycles. The fourth-order valence-electron chi connectivity index (χ4n) is 6.12. The Kier molecular flexibility index (Phi) is 6.09. The third kappa shape index (κ3) is 3.99. The third-order valence-corrected chi connectivity index (χ3v) is 9.86. The van der Waals surface area contributed by atoms with E-state index in [1.165, 1.54) is 0 Å². The highest BCUT2D eigenvalue weighted by Crippen LogP contribution is 2.48. The van der Waals surface area contributed by atoms with Crippen LogP contribution < -0.4 is 10.1 Å². The molecule has 0 saturated heterocycles. The van der Waals surface area contributed by atoms with E-state index in [1.807, 2.05) is 49.5 Å². The molecule has 7 rings (SSSR count). The second-order valence-electron chi connectivity index (χ2n) is 10.7. The van der Waals surface area contributed by atoms with Crippen LogP contribution in [0.15, 0.2) is 72.4 Å². The summed E-state index contributed by atoms with van der Waals surface area (Å²) < 4.78 is 8.65. The quantitative estimate of drug-likeness (QED) is 0.225. The number of rotatable bonds is 6. The number of fused-ring (bicyclic) bond motifs is 2. The number of benzene rings is 2. The molecule has 0 unspecified atom stereocenters. The average molecular weight is 569 g/mol. The number of methoxy groups -OCH3 is 1. The molecule has 1 N–H and O–H groups in total. The zero-order chi connectivity index (χ0) is 27.4. The normalized spacial score (nSPS) is 15.8. The second kappa shape index (κ2) is 9.68. The Morgan fingerprint density at radius 1 is 1.10 bits per heavy atom. The minimum Gasteiger partial charge on any atom is -0.497 e. The summed E-state index contributed by atoms with van der Waals surface area (Å²) in [6.45, 7) is 3.33. The second-order valence-corrected chi connectivity index (χ2v) is 12.1. The molecule has 2 aliphatic rings. The van der Waals surface area contributed by atoms with E-state index >= 15 is 0 Å². The van der Waals surface area contributed by atoms with Crippen molar-refractivity contribution in [1.82, 2.24) is 14.5 Å². The number of amides is 1. The number of thiophene rings is 1. The van der Waals surface area contributed by atoms with Crippen molar-refractivity contribution in [3.63, 3.8) is 0 Å². The molecule has 2 aromatic carbocycles. The minimum atomic E-state index is -0.181. The van der Waals surface area contributed by atoms with Crippen LogP contribution in [0.25, 0.3) is 21.3 Å². The summed E-state index contributed by atoms with van der Waals surface area (Å²) >= 11 is 8.18. The Hall–Kier alpha value is -3.81. The van der Waals surface area contributed by atoms with Gasteiger partial charge in [-0.15, -0.1) is 11.3 Å². The van der Waals surface area contributed by atoms with Gasteiger partial charge in [0.15, 0.2) is 0 Å². The number of carbonyl (C=O) groups excluding carboxylic acids is 1. The number of halogens is 1.